The van der Waals surface area contributed by atoms with Gasteiger partial charge in [-0.25, -0.2) is 0 Å². The third-order valence-electron chi connectivity index (χ3n) is 4.99. The Bertz CT molecular complexity index is 315. The Morgan fingerprint density at radius 1 is 1.24 bits per heavy atom. The highest BCUT2D eigenvalue weighted by Gasteiger charge is 2.44. The van der Waals surface area contributed by atoms with E-state index in [0.29, 0.717) is 6.04 Å². The molecule has 0 amide bonds. The fourth-order valence-electron chi connectivity index (χ4n) is 3.87. The van der Waals surface area contributed by atoms with E-state index in [2.05, 4.69) is 10.2 Å². The Morgan fingerprint density at radius 3 is 2.81 bits per heavy atom. The van der Waals surface area contributed by atoms with E-state index in [0.717, 1.165) is 52.2 Å². The first-order valence-corrected chi connectivity index (χ1v) is 8.56. The third kappa shape index (κ3) is 4.17. The molecule has 5 nitrogen and oxygen atoms in total. The van der Waals surface area contributed by atoms with Crippen LogP contribution in [0.5, 0.6) is 0 Å². The summed E-state index contributed by atoms with van der Waals surface area (Å²) in [6, 6.07) is 0.629. The topological polar surface area (TPSA) is 43.0 Å². The average molecular weight is 298 g/mol. The molecule has 1 saturated carbocycles. The van der Waals surface area contributed by atoms with Crippen LogP contribution in [0.2, 0.25) is 0 Å². The van der Waals surface area contributed by atoms with Crippen molar-refractivity contribution in [3.8, 4) is 0 Å². The molecular formula is C16H30N2O3. The molecule has 2 atom stereocenters. The summed E-state index contributed by atoms with van der Waals surface area (Å²) in [6.45, 7) is 5.73. The van der Waals surface area contributed by atoms with Crippen molar-refractivity contribution in [1.29, 1.82) is 0 Å². The number of ether oxygens (including phenoxy) is 3. The second kappa shape index (κ2) is 7.38. The maximum atomic E-state index is 6.26. The zero-order valence-electron chi connectivity index (χ0n) is 13.3. The van der Waals surface area contributed by atoms with Crippen LogP contribution in [0.15, 0.2) is 0 Å². The van der Waals surface area contributed by atoms with Crippen molar-refractivity contribution < 1.29 is 14.2 Å². The summed E-state index contributed by atoms with van der Waals surface area (Å²) < 4.78 is 17.5. The van der Waals surface area contributed by atoms with Gasteiger partial charge in [-0.05, 0) is 32.2 Å². The Labute approximate surface area is 128 Å². The van der Waals surface area contributed by atoms with E-state index in [1.807, 2.05) is 0 Å². The van der Waals surface area contributed by atoms with E-state index in [1.165, 1.54) is 25.7 Å². The lowest BCUT2D eigenvalue weighted by molar-refractivity contribution is -0.163. The Hall–Kier alpha value is -0.200. The van der Waals surface area contributed by atoms with E-state index in [1.54, 1.807) is 7.11 Å². The minimum atomic E-state index is -0.233. The molecular weight excluding hydrogens is 268 g/mol. The number of nitrogens with one attached hydrogen (secondary N) is 1. The van der Waals surface area contributed by atoms with Crippen molar-refractivity contribution in [2.24, 2.45) is 0 Å². The highest BCUT2D eigenvalue weighted by atomic mass is 16.7. The molecule has 122 valence electrons. The molecule has 0 radical (unpaired) electrons. The van der Waals surface area contributed by atoms with Gasteiger partial charge in [-0.15, -0.1) is 0 Å². The van der Waals surface area contributed by atoms with E-state index in [-0.39, 0.29) is 11.9 Å². The maximum absolute atomic E-state index is 6.26. The molecule has 3 rings (SSSR count). The zero-order valence-corrected chi connectivity index (χ0v) is 13.3. The minimum Gasteiger partial charge on any atom is -0.383 e. The van der Waals surface area contributed by atoms with Crippen LogP contribution in [0.25, 0.3) is 0 Å². The number of nitrogens with zero attached hydrogens (tertiary/aromatic N) is 1. The number of hydrogen-bond donors (Lipinski definition) is 1. The van der Waals surface area contributed by atoms with E-state index in [4.69, 9.17) is 14.2 Å². The molecule has 5 heteroatoms. The molecule has 0 aromatic heterocycles. The normalized spacial score (nSPS) is 31.7. The summed E-state index contributed by atoms with van der Waals surface area (Å²) in [7, 11) is 1.77. The van der Waals surface area contributed by atoms with Crippen LogP contribution in [-0.4, -0.2) is 69.3 Å². The first-order chi connectivity index (χ1) is 10.3. The smallest absolute Gasteiger partial charge is 0.168 e. The highest BCUT2D eigenvalue weighted by Crippen LogP contribution is 2.39. The fourth-order valence-corrected chi connectivity index (χ4v) is 3.87. The molecule has 0 aromatic carbocycles. The SMILES string of the molecule is COCCN(CC1CCCN1)CC1COC2(CCCC2)O1. The molecule has 1 spiro atoms. The molecule has 3 fully saturated rings. The minimum absolute atomic E-state index is 0.223. The van der Waals surface area contributed by atoms with Crippen molar-refractivity contribution in [1.82, 2.24) is 10.2 Å². The van der Waals surface area contributed by atoms with Crippen LogP contribution in [-0.2, 0) is 14.2 Å². The van der Waals surface area contributed by atoms with Gasteiger partial charge in [0.1, 0.15) is 0 Å². The monoisotopic (exact) mass is 298 g/mol. The molecule has 1 aliphatic carbocycles. The average Bonchev–Trinajstić information content (AvgIpc) is 3.21. The second-order valence-corrected chi connectivity index (χ2v) is 6.71. The van der Waals surface area contributed by atoms with Gasteiger partial charge in [-0.2, -0.15) is 0 Å². The van der Waals surface area contributed by atoms with Gasteiger partial charge in [-0.1, -0.05) is 0 Å². The standard InChI is InChI=1S/C16H30N2O3/c1-19-10-9-18(11-14-5-4-8-17-14)12-15-13-20-16(21-15)6-2-3-7-16/h14-15,17H,2-13H2,1H3. The lowest BCUT2D eigenvalue weighted by Gasteiger charge is -2.28. The van der Waals surface area contributed by atoms with Crippen molar-refractivity contribution in [3.05, 3.63) is 0 Å². The summed E-state index contributed by atoms with van der Waals surface area (Å²) >= 11 is 0. The first-order valence-electron chi connectivity index (χ1n) is 8.56. The van der Waals surface area contributed by atoms with Gasteiger partial charge in [0, 0.05) is 45.6 Å². The van der Waals surface area contributed by atoms with Crippen molar-refractivity contribution in [3.63, 3.8) is 0 Å². The van der Waals surface area contributed by atoms with Gasteiger partial charge in [-0.3, -0.25) is 4.90 Å². The third-order valence-corrected chi connectivity index (χ3v) is 4.99. The Balaban J connectivity index is 1.48. The van der Waals surface area contributed by atoms with E-state index in [9.17, 15) is 0 Å². The van der Waals surface area contributed by atoms with Crippen molar-refractivity contribution in [2.75, 3.05) is 46.5 Å². The fraction of sp³-hybridized carbons (Fsp3) is 1.00. The molecule has 21 heavy (non-hydrogen) atoms. The summed E-state index contributed by atoms with van der Waals surface area (Å²) in [5.74, 6) is -0.233. The van der Waals surface area contributed by atoms with Crippen LogP contribution in [0.3, 0.4) is 0 Å². The molecule has 0 aromatic rings. The lowest BCUT2D eigenvalue weighted by Crippen LogP contribution is -2.43. The maximum Gasteiger partial charge on any atom is 0.168 e. The molecule has 2 saturated heterocycles. The van der Waals surface area contributed by atoms with E-state index < -0.39 is 0 Å². The van der Waals surface area contributed by atoms with Gasteiger partial charge in [0.25, 0.3) is 0 Å². The zero-order chi connectivity index (χ0) is 14.5. The van der Waals surface area contributed by atoms with Gasteiger partial charge < -0.3 is 19.5 Å². The van der Waals surface area contributed by atoms with Gasteiger partial charge in [0.15, 0.2) is 5.79 Å². The Kier molecular flexibility index (Phi) is 5.51. The molecule has 2 unspecified atom stereocenters. The summed E-state index contributed by atoms with van der Waals surface area (Å²) in [6.07, 6.45) is 7.45. The predicted octanol–water partition coefficient (Wildman–Crippen LogP) is 1.37. The Morgan fingerprint density at radius 2 is 2.10 bits per heavy atom. The molecule has 2 aliphatic heterocycles. The van der Waals surface area contributed by atoms with Crippen LogP contribution in [0, 0.1) is 0 Å². The van der Waals surface area contributed by atoms with Gasteiger partial charge in [0.05, 0.1) is 19.3 Å². The van der Waals surface area contributed by atoms with Crippen LogP contribution >= 0.6 is 0 Å². The summed E-state index contributed by atoms with van der Waals surface area (Å²) in [5, 5.41) is 3.58. The first kappa shape index (κ1) is 15.7. The number of methoxy groups -OCH3 is 1. The summed E-state index contributed by atoms with van der Waals surface area (Å²) in [5.41, 5.74) is 0. The molecule has 2 heterocycles. The molecule has 3 aliphatic rings. The number of hydrogen-bond acceptors (Lipinski definition) is 5. The quantitative estimate of drug-likeness (QED) is 0.769. The largest absolute Gasteiger partial charge is 0.383 e. The van der Waals surface area contributed by atoms with Crippen LogP contribution < -0.4 is 5.32 Å². The summed E-state index contributed by atoms with van der Waals surface area (Å²) in [4.78, 5) is 2.48. The molecule has 0 bridgehead atoms. The van der Waals surface area contributed by atoms with Gasteiger partial charge >= 0.3 is 0 Å². The highest BCUT2D eigenvalue weighted by molar-refractivity contribution is 4.86. The predicted molar refractivity (Wildman–Crippen MR) is 81.4 cm³/mol. The molecule has 1 N–H and O–H groups in total. The second-order valence-electron chi connectivity index (χ2n) is 6.71. The lowest BCUT2D eigenvalue weighted by atomic mass is 10.2. The van der Waals surface area contributed by atoms with Crippen molar-refractivity contribution in [2.45, 2.75) is 56.5 Å². The van der Waals surface area contributed by atoms with Gasteiger partial charge in [0.2, 0.25) is 0 Å². The van der Waals surface area contributed by atoms with Crippen LogP contribution in [0.1, 0.15) is 38.5 Å². The van der Waals surface area contributed by atoms with Crippen LogP contribution in [0.4, 0.5) is 0 Å². The van der Waals surface area contributed by atoms with Crippen molar-refractivity contribution >= 4 is 0 Å². The van der Waals surface area contributed by atoms with E-state index >= 15 is 0 Å². The number of rotatable bonds is 7.